The molecule has 53 heavy (non-hydrogen) atoms. The number of carbonyl (C=O) groups is 3. The number of amides is 2. The molecule has 14 heteroatoms. The van der Waals surface area contributed by atoms with E-state index in [1.54, 1.807) is 30.3 Å². The number of fused-ring (bicyclic) bond motifs is 1. The number of H-pyrrole nitrogens is 1. The number of carbonyl (C=O) groups excluding carboxylic acids is 2. The Morgan fingerprint density at radius 2 is 1.64 bits per heavy atom. The van der Waals surface area contributed by atoms with Crippen molar-refractivity contribution in [2.75, 3.05) is 13.2 Å². The maximum Gasteiger partial charge on any atom is 0.345 e. The molecule has 0 spiro atoms. The van der Waals surface area contributed by atoms with E-state index in [9.17, 15) is 44.0 Å². The fourth-order valence-electron chi connectivity index (χ4n) is 6.30. The van der Waals surface area contributed by atoms with Gasteiger partial charge in [-0.2, -0.15) is 0 Å². The van der Waals surface area contributed by atoms with E-state index in [0.29, 0.717) is 29.4 Å². The number of aliphatic carboxylic acids is 1. The van der Waals surface area contributed by atoms with Crippen molar-refractivity contribution in [1.29, 1.82) is 0 Å². The van der Waals surface area contributed by atoms with Crippen LogP contribution in [0.5, 0.6) is 11.5 Å². The Labute approximate surface area is 302 Å². The highest BCUT2D eigenvalue weighted by molar-refractivity contribution is 5.95. The Hall–Kier alpha value is -6.09. The summed E-state index contributed by atoms with van der Waals surface area (Å²) in [7, 11) is 0. The van der Waals surface area contributed by atoms with Crippen LogP contribution in [-0.4, -0.2) is 68.4 Å². The highest BCUT2D eigenvalue weighted by Gasteiger charge is 2.40. The molecular formula is C39H37FN4O9. The van der Waals surface area contributed by atoms with Crippen LogP contribution in [0.25, 0.3) is 10.9 Å². The molecule has 6 rings (SSSR count). The van der Waals surface area contributed by atoms with Gasteiger partial charge in [-0.05, 0) is 65.9 Å². The number of ether oxygens (including phenoxy) is 1. The minimum Gasteiger partial charge on any atom is -0.506 e. The zero-order valence-electron chi connectivity index (χ0n) is 28.2. The summed E-state index contributed by atoms with van der Waals surface area (Å²) in [4.78, 5) is 51.7. The summed E-state index contributed by atoms with van der Waals surface area (Å²) in [5, 5.41) is 50.9. The molecule has 0 radical (unpaired) electrons. The molecule has 2 unspecified atom stereocenters. The van der Waals surface area contributed by atoms with Crippen molar-refractivity contribution in [3.63, 3.8) is 0 Å². The molecular weight excluding hydrogens is 687 g/mol. The van der Waals surface area contributed by atoms with Gasteiger partial charge in [0, 0.05) is 42.2 Å². The summed E-state index contributed by atoms with van der Waals surface area (Å²) < 4.78 is 20.5. The molecule has 274 valence electrons. The Bertz CT molecular complexity index is 2210. The second-order valence-electron chi connectivity index (χ2n) is 12.9. The van der Waals surface area contributed by atoms with Gasteiger partial charge in [-0.3, -0.25) is 14.4 Å². The first-order chi connectivity index (χ1) is 25.4. The van der Waals surface area contributed by atoms with Crippen LogP contribution in [0.1, 0.15) is 51.6 Å². The topological polar surface area (TPSA) is 210 Å². The Morgan fingerprint density at radius 3 is 2.38 bits per heavy atom. The van der Waals surface area contributed by atoms with Crippen molar-refractivity contribution in [3.8, 4) is 11.5 Å². The number of aromatic nitrogens is 1. The number of aliphatic hydroxyl groups is 2. The van der Waals surface area contributed by atoms with Crippen LogP contribution in [0.4, 0.5) is 4.39 Å². The number of aromatic amines is 1. The number of rotatable bonds is 14. The minimum absolute atomic E-state index is 0.0614. The van der Waals surface area contributed by atoms with Gasteiger partial charge in [0.15, 0.2) is 6.61 Å². The number of carboxylic acids is 1. The zero-order valence-corrected chi connectivity index (χ0v) is 28.2. The fraction of sp³-hybridized carbons (Fsp3) is 0.231. The second kappa shape index (κ2) is 15.7. The third-order valence-corrected chi connectivity index (χ3v) is 9.17. The highest BCUT2D eigenvalue weighted by Crippen LogP contribution is 2.32. The summed E-state index contributed by atoms with van der Waals surface area (Å²) in [6, 6.07) is 23.3. The van der Waals surface area contributed by atoms with Crippen molar-refractivity contribution >= 4 is 28.7 Å². The SMILES string of the molecule is O=C(COc1cccc(C(O)(C(=O)O)c2ccccc2)c1)NC1CC(NC(=O)c2ccc(CNCC(O)c3ccc(O)c4[nH]c(=O)ccc34)cc2F)C1. The van der Waals surface area contributed by atoms with E-state index in [0.717, 1.165) is 0 Å². The van der Waals surface area contributed by atoms with Crippen molar-refractivity contribution < 1.29 is 43.9 Å². The molecule has 4 aromatic carbocycles. The van der Waals surface area contributed by atoms with Crippen LogP contribution >= 0.6 is 0 Å². The Kier molecular flexibility index (Phi) is 10.8. The molecule has 1 fully saturated rings. The lowest BCUT2D eigenvalue weighted by atomic mass is 9.86. The van der Waals surface area contributed by atoms with Crippen LogP contribution in [0, 0.1) is 5.82 Å². The number of benzene rings is 4. The summed E-state index contributed by atoms with van der Waals surface area (Å²) in [5.74, 6) is -3.13. The second-order valence-corrected chi connectivity index (χ2v) is 12.9. The van der Waals surface area contributed by atoms with Gasteiger partial charge in [-0.15, -0.1) is 0 Å². The van der Waals surface area contributed by atoms with Crippen molar-refractivity contribution in [1.82, 2.24) is 20.9 Å². The maximum atomic E-state index is 15.0. The van der Waals surface area contributed by atoms with Crippen LogP contribution in [0.15, 0.2) is 102 Å². The lowest BCUT2D eigenvalue weighted by Crippen LogP contribution is -2.54. The lowest BCUT2D eigenvalue weighted by Gasteiger charge is -2.36. The molecule has 1 aliphatic rings. The van der Waals surface area contributed by atoms with Gasteiger partial charge in [-0.25, -0.2) is 9.18 Å². The number of phenolic OH excluding ortho intramolecular Hbond substituents is 1. The van der Waals surface area contributed by atoms with E-state index >= 15 is 0 Å². The first-order valence-corrected chi connectivity index (χ1v) is 16.8. The number of aromatic hydroxyl groups is 1. The first kappa shape index (κ1) is 36.7. The van der Waals surface area contributed by atoms with E-state index < -0.39 is 35.3 Å². The molecule has 0 saturated heterocycles. The average molecular weight is 725 g/mol. The number of hydrogen-bond acceptors (Lipinski definition) is 9. The predicted molar refractivity (Wildman–Crippen MR) is 191 cm³/mol. The molecule has 13 nitrogen and oxygen atoms in total. The van der Waals surface area contributed by atoms with Crippen LogP contribution in [0.3, 0.4) is 0 Å². The molecule has 2 amide bonds. The van der Waals surface area contributed by atoms with Crippen molar-refractivity contribution in [3.05, 3.63) is 141 Å². The summed E-state index contributed by atoms with van der Waals surface area (Å²) in [6.07, 6.45) is -0.143. The van der Waals surface area contributed by atoms with E-state index in [1.165, 1.54) is 66.7 Å². The number of carboxylic acid groups (broad SMARTS) is 1. The molecule has 1 saturated carbocycles. The molecule has 8 N–H and O–H groups in total. The molecule has 1 heterocycles. The van der Waals surface area contributed by atoms with Crippen molar-refractivity contribution in [2.24, 2.45) is 0 Å². The minimum atomic E-state index is -2.32. The molecule has 5 aromatic rings. The zero-order chi connectivity index (χ0) is 37.7. The van der Waals surface area contributed by atoms with Gasteiger partial charge < -0.3 is 46.1 Å². The number of hydrogen-bond donors (Lipinski definition) is 8. The number of aliphatic hydroxyl groups excluding tert-OH is 1. The smallest absolute Gasteiger partial charge is 0.345 e. The number of halogens is 1. The molecule has 0 bridgehead atoms. The average Bonchev–Trinajstić information content (AvgIpc) is 3.13. The van der Waals surface area contributed by atoms with Crippen LogP contribution in [0.2, 0.25) is 0 Å². The Morgan fingerprint density at radius 1 is 0.906 bits per heavy atom. The van der Waals surface area contributed by atoms with Crippen LogP contribution < -0.4 is 26.2 Å². The van der Waals surface area contributed by atoms with E-state index in [1.807, 2.05) is 0 Å². The van der Waals surface area contributed by atoms with Gasteiger partial charge in [0.05, 0.1) is 17.2 Å². The fourth-order valence-corrected chi connectivity index (χ4v) is 6.30. The van der Waals surface area contributed by atoms with E-state index in [2.05, 4.69) is 20.9 Å². The van der Waals surface area contributed by atoms with Gasteiger partial charge >= 0.3 is 5.97 Å². The predicted octanol–water partition coefficient (Wildman–Crippen LogP) is 2.97. The largest absolute Gasteiger partial charge is 0.506 e. The summed E-state index contributed by atoms with van der Waals surface area (Å²) in [5.41, 5.74) is -1.36. The van der Waals surface area contributed by atoms with Gasteiger partial charge in [0.2, 0.25) is 11.2 Å². The van der Waals surface area contributed by atoms with Gasteiger partial charge in [0.25, 0.3) is 11.8 Å². The molecule has 2 atom stereocenters. The molecule has 0 aliphatic heterocycles. The van der Waals surface area contributed by atoms with Gasteiger partial charge in [-0.1, -0.05) is 54.6 Å². The third kappa shape index (κ3) is 8.20. The standard InChI is InChI=1S/C39H37FN4O9/c40-31-15-22(19-41-20-33(46)28-11-13-32(45)36-29(28)12-14-34(47)44-36)9-10-30(31)37(49)43-26-17-25(18-26)42-35(48)21-53-27-8-4-7-24(16-27)39(52,38(50)51)23-5-2-1-3-6-23/h1-16,25-26,33,41,45-46,52H,17-21H2,(H,42,48)(H,43,49)(H,44,47)(H,50,51). The number of phenols is 1. The third-order valence-electron chi connectivity index (χ3n) is 9.17. The van der Waals surface area contributed by atoms with E-state index in [-0.39, 0.29) is 71.0 Å². The summed E-state index contributed by atoms with van der Waals surface area (Å²) >= 11 is 0. The Balaban J connectivity index is 0.938. The number of pyridine rings is 1. The quantitative estimate of drug-likeness (QED) is 0.0840. The molecule has 1 aromatic heterocycles. The highest BCUT2D eigenvalue weighted by atomic mass is 19.1. The normalized spacial score (nSPS) is 16.9. The molecule has 1 aliphatic carbocycles. The first-order valence-electron chi connectivity index (χ1n) is 16.8. The maximum absolute atomic E-state index is 15.0. The lowest BCUT2D eigenvalue weighted by molar-refractivity contribution is -0.155. The van der Waals surface area contributed by atoms with E-state index in [4.69, 9.17) is 4.74 Å². The van der Waals surface area contributed by atoms with Crippen molar-refractivity contribution in [2.45, 2.75) is 43.2 Å². The number of nitrogens with one attached hydrogen (secondary N) is 4. The van der Waals surface area contributed by atoms with Crippen LogP contribution in [-0.2, 0) is 21.7 Å². The summed E-state index contributed by atoms with van der Waals surface area (Å²) in [6.45, 7) is -0.0808. The van der Waals surface area contributed by atoms with Gasteiger partial charge in [0.1, 0.15) is 17.3 Å². The monoisotopic (exact) mass is 724 g/mol.